The van der Waals surface area contributed by atoms with Crippen molar-refractivity contribution in [1.82, 2.24) is 30.7 Å². The number of hydrogen-bond donors (Lipinski definition) is 3. The van der Waals surface area contributed by atoms with E-state index < -0.39 is 35.4 Å². The van der Waals surface area contributed by atoms with Gasteiger partial charge in [0.15, 0.2) is 0 Å². The van der Waals surface area contributed by atoms with Crippen LogP contribution in [0.25, 0.3) is 0 Å². The molecule has 41 heavy (non-hydrogen) atoms. The zero-order valence-electron chi connectivity index (χ0n) is 24.2. The molecule has 220 valence electrons. The summed E-state index contributed by atoms with van der Waals surface area (Å²) in [5, 5.41) is 8.23. The minimum atomic E-state index is -0.886. The van der Waals surface area contributed by atoms with Crippen LogP contribution in [0.15, 0.2) is 61.2 Å². The van der Waals surface area contributed by atoms with E-state index in [-0.39, 0.29) is 30.6 Å². The number of nitrogens with one attached hydrogen (secondary N) is 3. The molecular weight excluding hydrogens is 527 g/mol. The first-order valence-corrected chi connectivity index (χ1v) is 13.6. The van der Waals surface area contributed by atoms with E-state index in [1.807, 2.05) is 20.8 Å². The van der Waals surface area contributed by atoms with Gasteiger partial charge in [-0.3, -0.25) is 24.2 Å². The number of amides is 4. The molecule has 0 aliphatic carbocycles. The van der Waals surface area contributed by atoms with Gasteiger partial charge in [0, 0.05) is 37.8 Å². The molecule has 11 heteroatoms. The summed E-state index contributed by atoms with van der Waals surface area (Å²) in [5.74, 6) is -1.95. The number of pyridine rings is 1. The van der Waals surface area contributed by atoms with Crippen LogP contribution in [-0.4, -0.2) is 76.7 Å². The first-order chi connectivity index (χ1) is 19.4. The van der Waals surface area contributed by atoms with Gasteiger partial charge in [-0.2, -0.15) is 0 Å². The van der Waals surface area contributed by atoms with Crippen molar-refractivity contribution in [3.05, 3.63) is 78.1 Å². The zero-order chi connectivity index (χ0) is 30.2. The Kier molecular flexibility index (Phi) is 10.7. The number of benzene rings is 1. The van der Waals surface area contributed by atoms with Crippen LogP contribution >= 0.6 is 0 Å². The lowest BCUT2D eigenvalue weighted by Crippen LogP contribution is -2.58. The highest BCUT2D eigenvalue weighted by Crippen LogP contribution is 2.21. The van der Waals surface area contributed by atoms with Crippen molar-refractivity contribution >= 4 is 23.6 Å². The Balaban J connectivity index is 1.74. The lowest BCUT2D eigenvalue weighted by atomic mass is 9.86. The molecule has 0 unspecified atom stereocenters. The van der Waals surface area contributed by atoms with Gasteiger partial charge in [0.2, 0.25) is 23.6 Å². The van der Waals surface area contributed by atoms with Crippen molar-refractivity contribution < 1.29 is 23.6 Å². The third kappa shape index (κ3) is 8.68. The standard InChI is InChI=1S/C30H39FN6O4/c1-20(32-5)27(39)35-26(30(2,3)4)28(40)34-19-25(38)37-16-15-36(14-11-21-7-6-8-23(31)17-21)29(41)24(37)18-22-9-12-33-13-10-22/h6-10,12-13,15-17,20,24,26,32H,11,14,18-19H2,1-5H3,(H,34,40)(H,35,39)/t20-,24-,26+/m0/s1. The molecule has 3 N–H and O–H groups in total. The fraction of sp³-hybridized carbons (Fsp3) is 0.433. The fourth-order valence-electron chi connectivity index (χ4n) is 4.38. The predicted molar refractivity (Wildman–Crippen MR) is 152 cm³/mol. The maximum absolute atomic E-state index is 13.6. The monoisotopic (exact) mass is 566 g/mol. The van der Waals surface area contributed by atoms with E-state index in [4.69, 9.17) is 0 Å². The van der Waals surface area contributed by atoms with E-state index >= 15 is 0 Å². The van der Waals surface area contributed by atoms with Gasteiger partial charge >= 0.3 is 0 Å². The highest BCUT2D eigenvalue weighted by Gasteiger charge is 2.37. The number of nitrogens with zero attached hydrogens (tertiary/aromatic N) is 3. The van der Waals surface area contributed by atoms with E-state index in [0.717, 1.165) is 11.1 Å². The summed E-state index contributed by atoms with van der Waals surface area (Å²) >= 11 is 0. The molecular formula is C30H39FN6O4. The Hall–Kier alpha value is -4.12. The van der Waals surface area contributed by atoms with Gasteiger partial charge in [0.25, 0.3) is 0 Å². The van der Waals surface area contributed by atoms with Crippen molar-refractivity contribution in [3.8, 4) is 0 Å². The smallest absolute Gasteiger partial charge is 0.250 e. The highest BCUT2D eigenvalue weighted by atomic mass is 19.1. The average molecular weight is 567 g/mol. The van der Waals surface area contributed by atoms with Gasteiger partial charge in [-0.25, -0.2) is 4.39 Å². The second kappa shape index (κ2) is 14.0. The number of carbonyl (C=O) groups excluding carboxylic acids is 4. The van der Waals surface area contributed by atoms with Gasteiger partial charge in [-0.1, -0.05) is 32.9 Å². The van der Waals surface area contributed by atoms with Gasteiger partial charge < -0.3 is 25.8 Å². The van der Waals surface area contributed by atoms with E-state index in [1.54, 1.807) is 50.6 Å². The van der Waals surface area contributed by atoms with E-state index in [0.29, 0.717) is 13.0 Å². The van der Waals surface area contributed by atoms with Gasteiger partial charge in [-0.05, 0) is 61.2 Å². The maximum atomic E-state index is 13.6. The van der Waals surface area contributed by atoms with Crippen molar-refractivity contribution in [2.45, 2.75) is 58.7 Å². The lowest BCUT2D eigenvalue weighted by Gasteiger charge is -2.36. The summed E-state index contributed by atoms with van der Waals surface area (Å²) in [6.45, 7) is 7.08. The lowest BCUT2D eigenvalue weighted by molar-refractivity contribution is -0.143. The molecule has 0 bridgehead atoms. The van der Waals surface area contributed by atoms with Gasteiger partial charge in [0.1, 0.15) is 17.9 Å². The van der Waals surface area contributed by atoms with Crippen LogP contribution in [0, 0.1) is 11.2 Å². The topological polar surface area (TPSA) is 124 Å². The molecule has 1 aliphatic rings. The molecule has 0 saturated carbocycles. The minimum Gasteiger partial charge on any atom is -0.345 e. The molecule has 4 amide bonds. The van der Waals surface area contributed by atoms with Crippen LogP contribution in [0.5, 0.6) is 0 Å². The molecule has 2 aromatic rings. The Labute approximate surface area is 240 Å². The van der Waals surface area contributed by atoms with Crippen LogP contribution < -0.4 is 16.0 Å². The summed E-state index contributed by atoms with van der Waals surface area (Å²) < 4.78 is 13.6. The minimum absolute atomic E-state index is 0.241. The van der Waals surface area contributed by atoms with Crippen LogP contribution in [0.2, 0.25) is 0 Å². The molecule has 1 aromatic carbocycles. The highest BCUT2D eigenvalue weighted by molar-refractivity contribution is 5.94. The van der Waals surface area contributed by atoms with Crippen LogP contribution in [-0.2, 0) is 32.0 Å². The average Bonchev–Trinajstić information content (AvgIpc) is 2.94. The SMILES string of the molecule is CN[C@@H](C)C(=O)N[C@H](C(=O)NCC(=O)N1C=CN(CCc2cccc(F)c2)C(=O)[C@@H]1Cc1ccncc1)C(C)(C)C. The third-order valence-electron chi connectivity index (χ3n) is 6.96. The molecule has 1 aliphatic heterocycles. The van der Waals surface area contributed by atoms with Crippen LogP contribution in [0.3, 0.4) is 0 Å². The molecule has 2 heterocycles. The number of hydrogen-bond acceptors (Lipinski definition) is 6. The van der Waals surface area contributed by atoms with Crippen LogP contribution in [0.4, 0.5) is 4.39 Å². The quantitative estimate of drug-likeness (QED) is 0.381. The molecule has 10 nitrogen and oxygen atoms in total. The summed E-state index contributed by atoms with van der Waals surface area (Å²) in [6, 6.07) is 7.51. The summed E-state index contributed by atoms with van der Waals surface area (Å²) in [7, 11) is 1.65. The summed E-state index contributed by atoms with van der Waals surface area (Å²) in [5.41, 5.74) is 0.945. The maximum Gasteiger partial charge on any atom is 0.250 e. The fourth-order valence-corrected chi connectivity index (χ4v) is 4.38. The molecule has 0 saturated heterocycles. The molecule has 1 aromatic heterocycles. The Bertz CT molecular complexity index is 1260. The van der Waals surface area contributed by atoms with Crippen molar-refractivity contribution in [2.24, 2.45) is 5.41 Å². The van der Waals surface area contributed by atoms with Crippen molar-refractivity contribution in [3.63, 3.8) is 0 Å². The number of likely N-dealkylation sites (N-methyl/N-ethyl adjacent to an activating group) is 1. The van der Waals surface area contributed by atoms with Gasteiger partial charge in [0.05, 0.1) is 12.6 Å². The Morgan fingerprint density at radius 2 is 1.76 bits per heavy atom. The molecule has 0 spiro atoms. The van der Waals surface area contributed by atoms with E-state index in [1.165, 1.54) is 34.3 Å². The van der Waals surface area contributed by atoms with E-state index in [9.17, 15) is 23.6 Å². The number of halogens is 1. The second-order valence-corrected chi connectivity index (χ2v) is 11.1. The first kappa shape index (κ1) is 31.4. The molecule has 0 radical (unpaired) electrons. The Morgan fingerprint density at radius 1 is 1.05 bits per heavy atom. The van der Waals surface area contributed by atoms with E-state index in [2.05, 4.69) is 20.9 Å². The second-order valence-electron chi connectivity index (χ2n) is 11.1. The van der Waals surface area contributed by atoms with Crippen molar-refractivity contribution in [2.75, 3.05) is 20.1 Å². The largest absolute Gasteiger partial charge is 0.345 e. The summed E-state index contributed by atoms with van der Waals surface area (Å²) in [6.07, 6.45) is 6.97. The Morgan fingerprint density at radius 3 is 2.39 bits per heavy atom. The third-order valence-corrected chi connectivity index (χ3v) is 6.96. The first-order valence-electron chi connectivity index (χ1n) is 13.6. The number of aromatic nitrogens is 1. The zero-order valence-corrected chi connectivity index (χ0v) is 24.2. The predicted octanol–water partition coefficient (Wildman–Crippen LogP) is 1.77. The molecule has 3 atom stereocenters. The normalized spacial score (nSPS) is 16.7. The number of carbonyl (C=O) groups is 4. The number of rotatable bonds is 11. The summed E-state index contributed by atoms with van der Waals surface area (Å²) in [4.78, 5) is 59.4. The molecule has 0 fully saturated rings. The van der Waals surface area contributed by atoms with Crippen molar-refractivity contribution in [1.29, 1.82) is 0 Å². The van der Waals surface area contributed by atoms with Crippen LogP contribution in [0.1, 0.15) is 38.8 Å². The van der Waals surface area contributed by atoms with Gasteiger partial charge in [-0.15, -0.1) is 0 Å². The molecule has 3 rings (SSSR count).